The molecule has 19 heavy (non-hydrogen) atoms. The SMILES string of the molecule is CCc1nn(C2CCCC(C)C2)c(CC)c1C(C)Cl. The van der Waals surface area contributed by atoms with Gasteiger partial charge in [0.1, 0.15) is 0 Å². The summed E-state index contributed by atoms with van der Waals surface area (Å²) in [5.74, 6) is 0.828. The van der Waals surface area contributed by atoms with Gasteiger partial charge in [0, 0.05) is 11.3 Å². The van der Waals surface area contributed by atoms with Gasteiger partial charge in [-0.1, -0.05) is 33.6 Å². The van der Waals surface area contributed by atoms with E-state index in [9.17, 15) is 0 Å². The molecule has 0 saturated heterocycles. The van der Waals surface area contributed by atoms with Crippen molar-refractivity contribution in [3.05, 3.63) is 17.0 Å². The van der Waals surface area contributed by atoms with E-state index in [-0.39, 0.29) is 5.38 Å². The van der Waals surface area contributed by atoms with Crippen molar-refractivity contribution in [2.45, 2.75) is 77.6 Å². The van der Waals surface area contributed by atoms with Crippen LogP contribution in [0.1, 0.15) is 81.7 Å². The number of aryl methyl sites for hydroxylation is 1. The van der Waals surface area contributed by atoms with Gasteiger partial charge in [-0.15, -0.1) is 11.6 Å². The van der Waals surface area contributed by atoms with E-state index in [1.165, 1.54) is 42.6 Å². The molecule has 3 unspecified atom stereocenters. The van der Waals surface area contributed by atoms with Gasteiger partial charge in [-0.25, -0.2) is 0 Å². The molecule has 0 amide bonds. The Labute approximate surface area is 122 Å². The van der Waals surface area contributed by atoms with Crippen molar-refractivity contribution < 1.29 is 0 Å². The number of aromatic nitrogens is 2. The second-order valence-electron chi connectivity index (χ2n) is 6.00. The minimum atomic E-state index is 0.0691. The normalized spacial score (nSPS) is 25.5. The third-order valence-electron chi connectivity index (χ3n) is 4.45. The van der Waals surface area contributed by atoms with Gasteiger partial charge in [-0.2, -0.15) is 5.10 Å². The Morgan fingerprint density at radius 2 is 2.05 bits per heavy atom. The monoisotopic (exact) mass is 282 g/mol. The van der Waals surface area contributed by atoms with Crippen LogP contribution in [0.25, 0.3) is 0 Å². The zero-order chi connectivity index (χ0) is 14.0. The zero-order valence-corrected chi connectivity index (χ0v) is 13.5. The van der Waals surface area contributed by atoms with E-state index in [2.05, 4.69) is 32.4 Å². The fourth-order valence-corrected chi connectivity index (χ4v) is 3.79. The average Bonchev–Trinajstić information content (AvgIpc) is 2.77. The average molecular weight is 283 g/mol. The first kappa shape index (κ1) is 14.9. The van der Waals surface area contributed by atoms with Crippen molar-refractivity contribution in [1.29, 1.82) is 0 Å². The standard InChI is InChI=1S/C16H27ClN2/c1-5-14-16(12(4)17)15(6-2)19(18-14)13-9-7-8-11(3)10-13/h11-13H,5-10H2,1-4H3. The fourth-order valence-electron chi connectivity index (χ4n) is 3.53. The van der Waals surface area contributed by atoms with Crippen LogP contribution in [0, 0.1) is 5.92 Å². The summed E-state index contributed by atoms with van der Waals surface area (Å²) in [7, 11) is 0. The number of halogens is 1. The van der Waals surface area contributed by atoms with E-state index < -0.39 is 0 Å². The second kappa shape index (κ2) is 6.30. The quantitative estimate of drug-likeness (QED) is 0.706. The van der Waals surface area contributed by atoms with Gasteiger partial charge >= 0.3 is 0 Å². The van der Waals surface area contributed by atoms with Crippen molar-refractivity contribution in [1.82, 2.24) is 9.78 Å². The predicted molar refractivity (Wildman–Crippen MR) is 81.9 cm³/mol. The second-order valence-corrected chi connectivity index (χ2v) is 6.65. The molecule has 0 aliphatic heterocycles. The summed E-state index contributed by atoms with van der Waals surface area (Å²) >= 11 is 6.40. The minimum absolute atomic E-state index is 0.0691. The van der Waals surface area contributed by atoms with Crippen LogP contribution in [-0.2, 0) is 12.8 Å². The zero-order valence-electron chi connectivity index (χ0n) is 12.7. The minimum Gasteiger partial charge on any atom is -0.266 e. The van der Waals surface area contributed by atoms with Crippen molar-refractivity contribution in [3.8, 4) is 0 Å². The van der Waals surface area contributed by atoms with E-state index in [1.807, 2.05) is 0 Å². The number of hydrogen-bond donors (Lipinski definition) is 0. The van der Waals surface area contributed by atoms with E-state index in [4.69, 9.17) is 16.7 Å². The largest absolute Gasteiger partial charge is 0.266 e. The highest BCUT2D eigenvalue weighted by Crippen LogP contribution is 2.36. The molecule has 2 nitrogen and oxygen atoms in total. The number of hydrogen-bond acceptors (Lipinski definition) is 1. The van der Waals surface area contributed by atoms with Crippen LogP contribution < -0.4 is 0 Å². The van der Waals surface area contributed by atoms with Crippen LogP contribution in [0.2, 0.25) is 0 Å². The van der Waals surface area contributed by atoms with Crippen molar-refractivity contribution in [2.75, 3.05) is 0 Å². The van der Waals surface area contributed by atoms with Gasteiger partial charge < -0.3 is 0 Å². The van der Waals surface area contributed by atoms with Crippen LogP contribution in [-0.4, -0.2) is 9.78 Å². The molecular weight excluding hydrogens is 256 g/mol. The summed E-state index contributed by atoms with van der Waals surface area (Å²) in [6.45, 7) is 8.85. The molecule has 3 atom stereocenters. The van der Waals surface area contributed by atoms with Crippen LogP contribution in [0.15, 0.2) is 0 Å². The number of alkyl halides is 1. The van der Waals surface area contributed by atoms with Gasteiger partial charge in [0.05, 0.1) is 17.1 Å². The van der Waals surface area contributed by atoms with E-state index in [0.717, 1.165) is 18.8 Å². The van der Waals surface area contributed by atoms with Crippen molar-refractivity contribution in [2.24, 2.45) is 5.92 Å². The highest BCUT2D eigenvalue weighted by molar-refractivity contribution is 6.20. The summed E-state index contributed by atoms with van der Waals surface area (Å²) in [6, 6.07) is 0.591. The van der Waals surface area contributed by atoms with Gasteiger partial charge in [0.15, 0.2) is 0 Å². The van der Waals surface area contributed by atoms with Gasteiger partial charge in [0.2, 0.25) is 0 Å². The molecule has 3 heteroatoms. The van der Waals surface area contributed by atoms with Crippen molar-refractivity contribution in [3.63, 3.8) is 0 Å². The molecule has 1 aromatic rings. The molecule has 0 radical (unpaired) electrons. The molecular formula is C16H27ClN2. The van der Waals surface area contributed by atoms with Crippen LogP contribution >= 0.6 is 11.6 Å². The highest BCUT2D eigenvalue weighted by Gasteiger charge is 2.26. The lowest BCUT2D eigenvalue weighted by Crippen LogP contribution is -2.20. The highest BCUT2D eigenvalue weighted by atomic mass is 35.5. The summed E-state index contributed by atoms with van der Waals surface area (Å²) in [4.78, 5) is 0. The maximum atomic E-state index is 6.40. The summed E-state index contributed by atoms with van der Waals surface area (Å²) < 4.78 is 2.32. The summed E-state index contributed by atoms with van der Waals surface area (Å²) in [5, 5.41) is 4.98. The molecule has 1 aliphatic carbocycles. The first-order valence-electron chi connectivity index (χ1n) is 7.82. The smallest absolute Gasteiger partial charge is 0.0671 e. The Morgan fingerprint density at radius 1 is 1.32 bits per heavy atom. The van der Waals surface area contributed by atoms with Crippen molar-refractivity contribution >= 4 is 11.6 Å². The molecule has 0 spiro atoms. The number of nitrogens with zero attached hydrogens (tertiary/aromatic N) is 2. The molecule has 1 aromatic heterocycles. The van der Waals surface area contributed by atoms with E-state index >= 15 is 0 Å². The molecule has 2 rings (SSSR count). The maximum absolute atomic E-state index is 6.40. The maximum Gasteiger partial charge on any atom is 0.0671 e. The van der Waals surface area contributed by atoms with Crippen LogP contribution in [0.3, 0.4) is 0 Å². The number of rotatable bonds is 4. The lowest BCUT2D eigenvalue weighted by molar-refractivity contribution is 0.261. The fraction of sp³-hybridized carbons (Fsp3) is 0.812. The summed E-state index contributed by atoms with van der Waals surface area (Å²) in [6.07, 6.45) is 7.27. The Kier molecular flexibility index (Phi) is 4.94. The third-order valence-corrected chi connectivity index (χ3v) is 4.67. The molecule has 108 valence electrons. The Morgan fingerprint density at radius 3 is 2.58 bits per heavy atom. The van der Waals surface area contributed by atoms with Gasteiger partial charge in [-0.3, -0.25) is 4.68 Å². The Balaban J connectivity index is 2.39. The van der Waals surface area contributed by atoms with E-state index in [0.29, 0.717) is 6.04 Å². The van der Waals surface area contributed by atoms with E-state index in [1.54, 1.807) is 0 Å². The molecule has 1 fully saturated rings. The predicted octanol–water partition coefficient (Wildman–Crippen LogP) is 5.06. The Hall–Kier alpha value is -0.500. The molecule has 1 heterocycles. The topological polar surface area (TPSA) is 17.8 Å². The summed E-state index contributed by atoms with van der Waals surface area (Å²) in [5.41, 5.74) is 3.88. The van der Waals surface area contributed by atoms with Crippen LogP contribution in [0.4, 0.5) is 0 Å². The first-order chi connectivity index (χ1) is 9.08. The van der Waals surface area contributed by atoms with Gasteiger partial charge in [0.25, 0.3) is 0 Å². The van der Waals surface area contributed by atoms with Crippen LogP contribution in [0.5, 0.6) is 0 Å². The third kappa shape index (κ3) is 2.99. The lowest BCUT2D eigenvalue weighted by atomic mass is 9.87. The lowest BCUT2D eigenvalue weighted by Gasteiger charge is -2.28. The Bertz CT molecular complexity index is 423. The molecule has 0 bridgehead atoms. The molecule has 1 saturated carbocycles. The first-order valence-corrected chi connectivity index (χ1v) is 8.26. The molecule has 0 N–H and O–H groups in total. The van der Waals surface area contributed by atoms with Gasteiger partial charge in [-0.05, 0) is 38.5 Å². The molecule has 1 aliphatic rings. The molecule has 0 aromatic carbocycles.